The summed E-state index contributed by atoms with van der Waals surface area (Å²) in [6.45, 7) is 1.90. The molecule has 0 aromatic heterocycles. The van der Waals surface area contributed by atoms with Crippen molar-refractivity contribution in [2.75, 3.05) is 6.66 Å². The van der Waals surface area contributed by atoms with Gasteiger partial charge >= 0.3 is 0 Å². The molecule has 1 atom stereocenters. The molecule has 0 radical (unpaired) electrons. The van der Waals surface area contributed by atoms with E-state index in [9.17, 15) is 4.57 Å². The predicted octanol–water partition coefficient (Wildman–Crippen LogP) is 9.92. The van der Waals surface area contributed by atoms with Gasteiger partial charge in [-0.3, -0.25) is 0 Å². The number of hydrogen-bond acceptors (Lipinski definition) is 1. The van der Waals surface area contributed by atoms with E-state index in [-0.39, 0.29) is 0 Å². The van der Waals surface area contributed by atoms with Crippen LogP contribution in [0.5, 0.6) is 0 Å². The highest BCUT2D eigenvalue weighted by molar-refractivity contribution is 7.79. The molecule has 2 heteroatoms. The van der Waals surface area contributed by atoms with Gasteiger partial charge in [0, 0.05) is 10.6 Å². The standard InChI is InChI=1S/C39H27OP/c1-41(40)36-18-10-9-13-30(36)35-25-29(23-24-37(35)41)39-33-16-7-5-14-31(33)38(32-15-6-8-17-34(32)39)28-21-19-27(20-22-28)26-11-3-2-4-12-26/h2-25H,1H3. The molecule has 0 aliphatic carbocycles. The Morgan fingerprint density at radius 2 is 0.829 bits per heavy atom. The largest absolute Gasteiger partial charge is 0.314 e. The zero-order valence-corrected chi connectivity index (χ0v) is 23.6. The molecule has 1 aliphatic heterocycles. The first-order chi connectivity index (χ1) is 20.1. The van der Waals surface area contributed by atoms with Crippen LogP contribution in [0.1, 0.15) is 0 Å². The van der Waals surface area contributed by atoms with E-state index < -0.39 is 7.14 Å². The fourth-order valence-electron chi connectivity index (χ4n) is 6.69. The lowest BCUT2D eigenvalue weighted by molar-refractivity contribution is 0.591. The van der Waals surface area contributed by atoms with Crippen LogP contribution in [0.25, 0.3) is 66.1 Å². The monoisotopic (exact) mass is 542 g/mol. The van der Waals surface area contributed by atoms with Crippen LogP contribution in [0.15, 0.2) is 146 Å². The number of rotatable bonds is 3. The highest BCUT2D eigenvalue weighted by Gasteiger charge is 2.34. The minimum absolute atomic E-state index is 0.964. The third kappa shape index (κ3) is 3.67. The zero-order valence-electron chi connectivity index (χ0n) is 22.7. The maximum Gasteiger partial charge on any atom is 0.141 e. The third-order valence-electron chi connectivity index (χ3n) is 8.61. The molecule has 1 nitrogen and oxygen atoms in total. The lowest BCUT2D eigenvalue weighted by Gasteiger charge is -2.18. The van der Waals surface area contributed by atoms with E-state index in [2.05, 4.69) is 127 Å². The van der Waals surface area contributed by atoms with Gasteiger partial charge < -0.3 is 4.57 Å². The van der Waals surface area contributed by atoms with Crippen molar-refractivity contribution < 1.29 is 4.57 Å². The zero-order chi connectivity index (χ0) is 27.6. The van der Waals surface area contributed by atoms with Gasteiger partial charge in [-0.15, -0.1) is 0 Å². The lowest BCUT2D eigenvalue weighted by Crippen LogP contribution is -2.07. The summed E-state index contributed by atoms with van der Waals surface area (Å²) >= 11 is 0. The summed E-state index contributed by atoms with van der Waals surface area (Å²) in [5, 5.41) is 6.84. The minimum atomic E-state index is -2.61. The molecule has 0 amide bonds. The van der Waals surface area contributed by atoms with Crippen molar-refractivity contribution in [3.05, 3.63) is 146 Å². The van der Waals surface area contributed by atoms with E-state index in [1.165, 1.54) is 49.4 Å². The van der Waals surface area contributed by atoms with Crippen LogP contribution in [-0.2, 0) is 4.57 Å². The van der Waals surface area contributed by atoms with Crippen LogP contribution < -0.4 is 10.6 Å². The minimum Gasteiger partial charge on any atom is -0.314 e. The highest BCUT2D eigenvalue weighted by atomic mass is 31.2. The quantitative estimate of drug-likeness (QED) is 0.160. The molecule has 8 rings (SSSR count). The molecule has 0 saturated carbocycles. The lowest BCUT2D eigenvalue weighted by atomic mass is 9.85. The summed E-state index contributed by atoms with van der Waals surface area (Å²) in [7, 11) is -2.61. The molecule has 194 valence electrons. The van der Waals surface area contributed by atoms with Gasteiger partial charge in [0.15, 0.2) is 0 Å². The second-order valence-electron chi connectivity index (χ2n) is 11.0. The average molecular weight is 543 g/mol. The van der Waals surface area contributed by atoms with E-state index in [1.807, 2.05) is 24.9 Å². The molecular weight excluding hydrogens is 515 g/mol. The van der Waals surface area contributed by atoms with Gasteiger partial charge in [-0.05, 0) is 84.9 Å². The van der Waals surface area contributed by atoms with E-state index in [1.54, 1.807) is 0 Å². The second kappa shape index (κ2) is 9.16. The van der Waals surface area contributed by atoms with Gasteiger partial charge in [-0.25, -0.2) is 0 Å². The van der Waals surface area contributed by atoms with Gasteiger partial charge in [-0.2, -0.15) is 0 Å². The van der Waals surface area contributed by atoms with Crippen molar-refractivity contribution in [3.8, 4) is 44.5 Å². The molecule has 0 bridgehead atoms. The first kappa shape index (κ1) is 24.1. The summed E-state index contributed by atoms with van der Waals surface area (Å²) in [6.07, 6.45) is 0. The van der Waals surface area contributed by atoms with Crippen LogP contribution in [-0.4, -0.2) is 6.66 Å². The average Bonchev–Trinajstić information content (AvgIpc) is 3.26. The summed E-state index contributed by atoms with van der Waals surface area (Å²) in [5.41, 5.74) is 9.46. The van der Waals surface area contributed by atoms with Gasteiger partial charge in [0.05, 0.1) is 0 Å². The van der Waals surface area contributed by atoms with E-state index >= 15 is 0 Å². The van der Waals surface area contributed by atoms with Gasteiger partial charge in [0.2, 0.25) is 0 Å². The van der Waals surface area contributed by atoms with Gasteiger partial charge in [0.25, 0.3) is 0 Å². The first-order valence-electron chi connectivity index (χ1n) is 14.0. The Morgan fingerprint density at radius 3 is 1.46 bits per heavy atom. The van der Waals surface area contributed by atoms with E-state index in [0.717, 1.165) is 27.3 Å². The Labute approximate surface area is 240 Å². The fourth-order valence-corrected chi connectivity index (χ4v) is 8.98. The van der Waals surface area contributed by atoms with Crippen molar-refractivity contribution in [2.45, 2.75) is 0 Å². The van der Waals surface area contributed by atoms with Crippen molar-refractivity contribution in [2.24, 2.45) is 0 Å². The second-order valence-corrected chi connectivity index (χ2v) is 13.8. The molecule has 7 aromatic carbocycles. The Bertz CT molecular complexity index is 2120. The molecule has 7 aromatic rings. The molecule has 1 unspecified atom stereocenters. The van der Waals surface area contributed by atoms with Crippen LogP contribution in [0.4, 0.5) is 0 Å². The molecule has 0 saturated heterocycles. The topological polar surface area (TPSA) is 17.1 Å². The van der Waals surface area contributed by atoms with Crippen LogP contribution in [0, 0.1) is 0 Å². The number of benzene rings is 7. The van der Waals surface area contributed by atoms with Crippen molar-refractivity contribution in [3.63, 3.8) is 0 Å². The molecule has 0 N–H and O–H groups in total. The highest BCUT2D eigenvalue weighted by Crippen LogP contribution is 2.51. The molecule has 1 aliphatic rings. The van der Waals surface area contributed by atoms with E-state index in [0.29, 0.717) is 0 Å². The Morgan fingerprint density at radius 1 is 0.390 bits per heavy atom. The molecular formula is C39H27OP. The molecule has 0 spiro atoms. The predicted molar refractivity (Wildman–Crippen MR) is 176 cm³/mol. The first-order valence-corrected chi connectivity index (χ1v) is 16.2. The van der Waals surface area contributed by atoms with Crippen molar-refractivity contribution in [1.29, 1.82) is 0 Å². The van der Waals surface area contributed by atoms with Gasteiger partial charge in [-0.1, -0.05) is 133 Å². The third-order valence-corrected chi connectivity index (χ3v) is 11.2. The smallest absolute Gasteiger partial charge is 0.141 e. The van der Waals surface area contributed by atoms with Crippen LogP contribution in [0.3, 0.4) is 0 Å². The van der Waals surface area contributed by atoms with Gasteiger partial charge in [0.1, 0.15) is 7.14 Å². The summed E-state index contributed by atoms with van der Waals surface area (Å²) in [4.78, 5) is 0. The van der Waals surface area contributed by atoms with Crippen molar-refractivity contribution >= 4 is 39.3 Å². The van der Waals surface area contributed by atoms with Crippen LogP contribution >= 0.6 is 7.14 Å². The number of fused-ring (bicyclic) bond motifs is 5. The summed E-state index contributed by atoms with van der Waals surface area (Å²) in [6, 6.07) is 51.7. The SMILES string of the molecule is CP1(=O)c2ccccc2-c2cc(-c3c4ccccc4c(-c4ccc(-c5ccccc5)cc4)c4ccccc34)ccc21. The maximum absolute atomic E-state index is 13.8. The van der Waals surface area contributed by atoms with Crippen LogP contribution in [0.2, 0.25) is 0 Å². The Kier molecular flexibility index (Phi) is 5.39. The van der Waals surface area contributed by atoms with E-state index in [4.69, 9.17) is 0 Å². The fraction of sp³-hybridized carbons (Fsp3) is 0.0256. The molecule has 1 heterocycles. The number of hydrogen-bond donors (Lipinski definition) is 0. The normalized spacial score (nSPS) is 15.6. The Hall–Kier alpha value is -4.71. The molecule has 0 fully saturated rings. The summed E-state index contributed by atoms with van der Waals surface area (Å²) < 4.78 is 13.8. The maximum atomic E-state index is 13.8. The molecule has 41 heavy (non-hydrogen) atoms. The van der Waals surface area contributed by atoms with Crippen molar-refractivity contribution in [1.82, 2.24) is 0 Å². The summed E-state index contributed by atoms with van der Waals surface area (Å²) in [5.74, 6) is 0. The Balaban J connectivity index is 1.38.